The second kappa shape index (κ2) is 40.2. The number of amides is 10. The van der Waals surface area contributed by atoms with Crippen LogP contribution in [0.15, 0.2) is 119 Å². The Bertz CT molecular complexity index is 3200. The smallest absolute Gasteiger partial charge is 0.407 e. The fraction of sp³-hybridized carbons (Fsp3) is 0.541. The Morgan fingerprint density at radius 3 is 1.50 bits per heavy atom. The Labute approximate surface area is 578 Å². The summed E-state index contributed by atoms with van der Waals surface area (Å²) in [6, 6.07) is 32.0. The summed E-state index contributed by atoms with van der Waals surface area (Å²) >= 11 is 0. The van der Waals surface area contributed by atoms with Crippen molar-refractivity contribution < 1.29 is 52.6 Å². The highest BCUT2D eigenvalue weighted by Gasteiger charge is 2.44. The Kier molecular flexibility index (Phi) is 32.1. The molecule has 3 aliphatic carbocycles. The van der Waals surface area contributed by atoms with E-state index in [-0.39, 0.29) is 106 Å². The van der Waals surface area contributed by atoms with Gasteiger partial charge in [-0.25, -0.2) is 25.2 Å². The van der Waals surface area contributed by atoms with Crippen molar-refractivity contribution in [1.29, 1.82) is 0 Å². The quantitative estimate of drug-likeness (QED) is 0.0199. The van der Waals surface area contributed by atoms with E-state index in [0.29, 0.717) is 58.0 Å². The fourth-order valence-corrected chi connectivity index (χ4v) is 13.1. The minimum absolute atomic E-state index is 0. The number of likely N-dealkylation sites (tertiary alicyclic amines) is 1. The number of ether oxygens (including phenoxy) is 3. The van der Waals surface area contributed by atoms with Gasteiger partial charge in [-0.05, 0) is 122 Å². The summed E-state index contributed by atoms with van der Waals surface area (Å²) in [5, 5.41) is 31.2. The van der Waals surface area contributed by atoms with Crippen molar-refractivity contribution in [2.24, 2.45) is 39.8 Å². The van der Waals surface area contributed by atoms with Crippen LogP contribution in [0.25, 0.3) is 11.1 Å². The largest absolute Gasteiger partial charge is 0.449 e. The number of benzene rings is 4. The van der Waals surface area contributed by atoms with Gasteiger partial charge >= 0.3 is 18.2 Å². The first kappa shape index (κ1) is 78.3. The molecule has 2 heterocycles. The molecule has 24 nitrogen and oxygen atoms in total. The molecule has 24 heteroatoms. The second-order valence-electron chi connectivity index (χ2n) is 25.9. The second-order valence-corrected chi connectivity index (χ2v) is 25.9. The van der Waals surface area contributed by atoms with E-state index in [9.17, 15) is 38.4 Å². The predicted octanol–water partition coefficient (Wildman–Crippen LogP) is 8.41. The Balaban J connectivity index is 0.000000342. The van der Waals surface area contributed by atoms with E-state index >= 15 is 0 Å². The summed E-state index contributed by atoms with van der Waals surface area (Å²) in [4.78, 5) is 104. The molecule has 98 heavy (non-hydrogen) atoms. The van der Waals surface area contributed by atoms with Gasteiger partial charge in [0.2, 0.25) is 29.5 Å². The maximum atomic E-state index is 14.4. The molecule has 2 saturated carbocycles. The number of urea groups is 2. The molecule has 5 aliphatic rings. The average Bonchev–Trinajstić information content (AvgIpc) is 1.65. The van der Waals surface area contributed by atoms with Crippen LogP contribution < -0.4 is 53.4 Å². The molecular formula is C74H107N13O11. The summed E-state index contributed by atoms with van der Waals surface area (Å²) in [5.74, 6) is -0.450. The number of fused-ring (bicyclic) bond motifs is 3. The molecular weight excluding hydrogens is 1250 g/mol. The number of rotatable bonds is 27. The van der Waals surface area contributed by atoms with E-state index in [1.165, 1.54) is 11.1 Å². The SMILES string of the molecule is C.C.CC[C@@H](/C=N/NC(=O)NCC1CCC(C(=O)NC)CC1)NC(=O)[C@@H]1C[C@@H](OCc2ccccc2)CN1.CC[C@@H](/C=N/NC(=O)NCC1CCC(C(=O)NC)CC1)NC(=O)[C@@H]1C[C@@H](OCc2ccccc2)CN1C(=O)[C@@H](NC(=O)OCC1c2ccccc2-c2ccccc21)C(C)C. The standard InChI is InChI=1S/C46H59N7O7.C26H40N6O4.2CH4/c1-5-33(25-49-52-45(57)48-24-30-19-21-32(22-20-30)42(54)47-4)50-43(55)40-23-34(59-27-31-13-7-6-8-14-31)26-53(40)44(56)41(29(2)3)51-46(58)60-28-39-37-17-11-9-15-35(37)36-16-10-12-18-38(36)39;1-3-21(15-30-32-26(35)29-14-18-9-11-20(12-10-18)24(33)27-2)31-25(34)23-13-22(16-28-23)36-17-19-7-5-4-6-8-19;;/h6-18,25,29-30,32-34,39-41H,5,19-24,26-28H2,1-4H3,(H,47,54)(H,50,55)(H,51,58)(H2,48,52,57);4-8,15,18,20-23,28H,3,9-14,16-17H2,1-2H3,(H,27,33)(H,31,34)(H2,29,32,35);2*1H4/b49-25+;30-15+;;/t30?,32?,33-,34+,40-,41-;18?,20?,21-,22+,23-;;/m00../s1. The van der Waals surface area contributed by atoms with Gasteiger partial charge in [0.1, 0.15) is 18.7 Å². The Hall–Kier alpha value is -8.74. The van der Waals surface area contributed by atoms with Crippen LogP contribution in [0, 0.1) is 29.6 Å². The minimum atomic E-state index is -0.971. The molecule has 10 amide bonds. The summed E-state index contributed by atoms with van der Waals surface area (Å²) < 4.78 is 18.0. The van der Waals surface area contributed by atoms with Crippen LogP contribution in [0.5, 0.6) is 0 Å². The van der Waals surface area contributed by atoms with Crippen LogP contribution in [0.3, 0.4) is 0 Å². The number of carbonyl (C=O) groups excluding carboxylic acids is 8. The monoisotopic (exact) mass is 1350 g/mol. The Morgan fingerprint density at radius 1 is 0.571 bits per heavy atom. The number of carbonyl (C=O) groups is 8. The molecule has 4 aromatic carbocycles. The van der Waals surface area contributed by atoms with Gasteiger partial charge in [-0.3, -0.25) is 24.0 Å². The van der Waals surface area contributed by atoms with Crippen molar-refractivity contribution in [3.8, 4) is 11.1 Å². The molecule has 9 rings (SSSR count). The molecule has 4 aromatic rings. The molecule has 2 saturated heterocycles. The molecule has 0 bridgehead atoms. The van der Waals surface area contributed by atoms with Gasteiger partial charge < -0.3 is 61.6 Å². The van der Waals surface area contributed by atoms with Gasteiger partial charge in [0.25, 0.3) is 0 Å². The third-order valence-corrected chi connectivity index (χ3v) is 18.9. The van der Waals surface area contributed by atoms with Crippen molar-refractivity contribution in [3.63, 3.8) is 0 Å². The number of hydrogen-bond acceptors (Lipinski definition) is 14. The minimum Gasteiger partial charge on any atom is -0.449 e. The van der Waals surface area contributed by atoms with Gasteiger partial charge in [0.15, 0.2) is 0 Å². The lowest BCUT2D eigenvalue weighted by molar-refractivity contribution is -0.141. The highest BCUT2D eigenvalue weighted by Crippen LogP contribution is 2.44. The number of nitrogens with one attached hydrogen (secondary N) is 10. The highest BCUT2D eigenvalue weighted by molar-refractivity contribution is 5.93. The van der Waals surface area contributed by atoms with Gasteiger partial charge in [0.05, 0.1) is 43.5 Å². The molecule has 4 fully saturated rings. The van der Waals surface area contributed by atoms with Crippen LogP contribution in [0.2, 0.25) is 0 Å². The number of hydrogen-bond donors (Lipinski definition) is 10. The van der Waals surface area contributed by atoms with E-state index in [4.69, 9.17) is 14.2 Å². The van der Waals surface area contributed by atoms with Crippen molar-refractivity contribution in [1.82, 2.24) is 58.3 Å². The lowest BCUT2D eigenvalue weighted by atomic mass is 9.81. The molecule has 0 spiro atoms. The average molecular weight is 1350 g/mol. The molecule has 2 aliphatic heterocycles. The predicted molar refractivity (Wildman–Crippen MR) is 380 cm³/mol. The lowest BCUT2D eigenvalue weighted by Crippen LogP contribution is -2.56. The number of nitrogens with zero attached hydrogens (tertiary/aromatic N) is 3. The van der Waals surface area contributed by atoms with Crippen molar-refractivity contribution in [2.75, 3.05) is 46.9 Å². The zero-order valence-corrected chi connectivity index (χ0v) is 56.3. The van der Waals surface area contributed by atoms with Crippen LogP contribution in [0.1, 0.15) is 148 Å². The third-order valence-electron chi connectivity index (χ3n) is 18.9. The zero-order chi connectivity index (χ0) is 68.3. The van der Waals surface area contributed by atoms with Gasteiger partial charge in [-0.1, -0.05) is 152 Å². The first-order valence-electron chi connectivity index (χ1n) is 34.2. The van der Waals surface area contributed by atoms with Crippen LogP contribution >= 0.6 is 0 Å². The molecule has 10 N–H and O–H groups in total. The van der Waals surface area contributed by atoms with Gasteiger partial charge in [-0.2, -0.15) is 10.2 Å². The lowest BCUT2D eigenvalue weighted by Gasteiger charge is -2.30. The maximum Gasteiger partial charge on any atom is 0.407 e. The van der Waals surface area contributed by atoms with Crippen molar-refractivity contribution in [3.05, 3.63) is 131 Å². The number of hydrazone groups is 2. The first-order valence-corrected chi connectivity index (χ1v) is 34.2. The molecule has 0 radical (unpaired) electrons. The van der Waals surface area contributed by atoms with Gasteiger partial charge in [-0.15, -0.1) is 0 Å². The van der Waals surface area contributed by atoms with Crippen LogP contribution in [-0.2, 0) is 51.4 Å². The molecule has 534 valence electrons. The summed E-state index contributed by atoms with van der Waals surface area (Å²) in [6.07, 6.45) is 10.6. The van der Waals surface area contributed by atoms with E-state index in [0.717, 1.165) is 84.7 Å². The van der Waals surface area contributed by atoms with Gasteiger partial charge in [0, 0.05) is 76.9 Å². The zero-order valence-electron chi connectivity index (χ0n) is 56.3. The topological polar surface area (TPSA) is 313 Å². The third kappa shape index (κ3) is 23.2. The summed E-state index contributed by atoms with van der Waals surface area (Å²) in [7, 11) is 3.32. The van der Waals surface area contributed by atoms with Crippen LogP contribution in [-0.4, -0.2) is 154 Å². The fourth-order valence-electron chi connectivity index (χ4n) is 13.1. The van der Waals surface area contributed by atoms with E-state index < -0.39 is 48.2 Å². The first-order chi connectivity index (χ1) is 46.5. The summed E-state index contributed by atoms with van der Waals surface area (Å²) in [5.41, 5.74) is 11.4. The highest BCUT2D eigenvalue weighted by atomic mass is 16.5. The van der Waals surface area contributed by atoms with E-state index in [1.54, 1.807) is 20.3 Å². The maximum absolute atomic E-state index is 14.4. The van der Waals surface area contributed by atoms with Crippen molar-refractivity contribution in [2.45, 2.75) is 181 Å². The number of alkyl carbamates (subject to hydrolysis) is 1. The Morgan fingerprint density at radius 2 is 1.03 bits per heavy atom. The van der Waals surface area contributed by atoms with E-state index in [2.05, 4.69) is 75.7 Å². The van der Waals surface area contributed by atoms with Crippen LogP contribution in [0.4, 0.5) is 14.4 Å². The molecule has 7 atom stereocenters. The van der Waals surface area contributed by atoms with E-state index in [1.807, 2.05) is 125 Å². The molecule has 0 unspecified atom stereocenters. The van der Waals surface area contributed by atoms with Crippen molar-refractivity contribution >= 4 is 60.1 Å². The molecule has 0 aromatic heterocycles. The normalized spacial score (nSPS) is 21.8. The summed E-state index contributed by atoms with van der Waals surface area (Å²) in [6.45, 7) is 10.2.